The number of rotatable bonds is 4. The Hall–Kier alpha value is -6.88. The molecule has 7 aromatic carbocycles. The first-order chi connectivity index (χ1) is 28.2. The number of nitrogens with zero attached hydrogens (tertiary/aromatic N) is 2. The van der Waals surface area contributed by atoms with Gasteiger partial charge in [0, 0.05) is 59.8 Å². The molecular weight excluding hydrogens is 713 g/mol. The van der Waals surface area contributed by atoms with Crippen molar-refractivity contribution in [2.45, 2.75) is 11.3 Å². The third-order valence-electron chi connectivity index (χ3n) is 12.3. The van der Waals surface area contributed by atoms with Gasteiger partial charge in [-0.2, -0.15) is 0 Å². The van der Waals surface area contributed by atoms with E-state index in [-0.39, 0.29) is 11.3 Å². The zero-order valence-corrected chi connectivity index (χ0v) is 31.7. The molecule has 1 spiro atoms. The lowest BCUT2D eigenvalue weighted by molar-refractivity contribution is 0.374. The molecule has 3 atom stereocenters. The number of allylic oxidation sites excluding steroid dienone is 4. The first kappa shape index (κ1) is 32.4. The van der Waals surface area contributed by atoms with Gasteiger partial charge < -0.3 is 4.74 Å². The van der Waals surface area contributed by atoms with Gasteiger partial charge in [-0.25, -0.2) is 9.97 Å². The Morgan fingerprint density at radius 1 is 0.456 bits per heavy atom. The van der Waals surface area contributed by atoms with Crippen molar-refractivity contribution in [1.82, 2.24) is 9.97 Å². The second-order valence-electron chi connectivity index (χ2n) is 15.2. The molecule has 4 heteroatoms. The monoisotopic (exact) mass is 746 g/mol. The van der Waals surface area contributed by atoms with Crippen molar-refractivity contribution in [2.24, 2.45) is 5.92 Å². The molecule has 2 aromatic heterocycles. The van der Waals surface area contributed by atoms with Crippen LogP contribution in [0.2, 0.25) is 0 Å². The summed E-state index contributed by atoms with van der Waals surface area (Å²) in [4.78, 5) is 10.3. The Bertz CT molecular complexity index is 3120. The molecule has 9 aromatic rings. The highest BCUT2D eigenvalue weighted by molar-refractivity contribution is 7.25. The van der Waals surface area contributed by atoms with Gasteiger partial charge in [0.2, 0.25) is 0 Å². The summed E-state index contributed by atoms with van der Waals surface area (Å²) in [5, 5.41) is 2.57. The Morgan fingerprint density at radius 2 is 1.12 bits per heavy atom. The number of aromatic nitrogens is 2. The van der Waals surface area contributed by atoms with E-state index in [4.69, 9.17) is 14.7 Å². The minimum absolute atomic E-state index is 0.249. The zero-order chi connectivity index (χ0) is 37.5. The average Bonchev–Trinajstić information content (AvgIpc) is 3.80. The Kier molecular flexibility index (Phi) is 7.14. The van der Waals surface area contributed by atoms with Gasteiger partial charge in [0.1, 0.15) is 11.5 Å². The van der Waals surface area contributed by atoms with Gasteiger partial charge >= 0.3 is 0 Å². The van der Waals surface area contributed by atoms with Crippen LogP contribution < -0.4 is 4.74 Å². The quantitative estimate of drug-likeness (QED) is 0.180. The van der Waals surface area contributed by atoms with E-state index in [0.29, 0.717) is 11.7 Å². The van der Waals surface area contributed by atoms with E-state index < -0.39 is 0 Å². The van der Waals surface area contributed by atoms with Gasteiger partial charge in [0.05, 0.1) is 16.8 Å². The topological polar surface area (TPSA) is 35.0 Å². The summed E-state index contributed by atoms with van der Waals surface area (Å²) >= 11 is 1.83. The van der Waals surface area contributed by atoms with Crippen LogP contribution in [0, 0.1) is 5.92 Å². The molecule has 0 saturated heterocycles. The molecule has 268 valence electrons. The number of benzene rings is 7. The summed E-state index contributed by atoms with van der Waals surface area (Å²) in [5.74, 6) is 3.11. The standard InChI is InChI=1S/C53H34N2OS/c1-2-12-35(13-3-1)52-54-46(32-47(55-52)37-26-28-41-40-16-6-11-21-50(40)57-51(41)31-37)34-24-22-33(23-25-34)36-27-29-45-49(30-36)56-48-20-10-9-19-44(48)53(45)42-17-7-4-14-38(42)39-15-5-8-18-43(39)53/h1-32,38,42H. The van der Waals surface area contributed by atoms with E-state index in [1.54, 1.807) is 0 Å². The van der Waals surface area contributed by atoms with Crippen molar-refractivity contribution in [2.75, 3.05) is 0 Å². The van der Waals surface area contributed by atoms with Gasteiger partial charge in [0.25, 0.3) is 0 Å². The minimum Gasteiger partial charge on any atom is -0.457 e. The maximum absolute atomic E-state index is 6.81. The Balaban J connectivity index is 0.945. The Morgan fingerprint density at radius 3 is 2.02 bits per heavy atom. The largest absolute Gasteiger partial charge is 0.457 e. The number of para-hydroxylation sites is 1. The molecule has 3 unspecified atom stereocenters. The van der Waals surface area contributed by atoms with Crippen LogP contribution in [0.25, 0.3) is 65.2 Å². The molecule has 12 rings (SSSR count). The van der Waals surface area contributed by atoms with Crippen molar-refractivity contribution >= 4 is 31.5 Å². The number of fused-ring (bicyclic) bond motifs is 12. The highest BCUT2D eigenvalue weighted by Crippen LogP contribution is 2.64. The fourth-order valence-corrected chi connectivity index (χ4v) is 10.9. The molecule has 0 radical (unpaired) electrons. The average molecular weight is 747 g/mol. The molecule has 0 amide bonds. The minimum atomic E-state index is -0.349. The third kappa shape index (κ3) is 4.90. The number of hydrogen-bond acceptors (Lipinski definition) is 4. The van der Waals surface area contributed by atoms with Crippen LogP contribution in [0.4, 0.5) is 0 Å². The highest BCUT2D eigenvalue weighted by Gasteiger charge is 2.56. The first-order valence-electron chi connectivity index (χ1n) is 19.6. The second kappa shape index (κ2) is 12.6. The predicted molar refractivity (Wildman–Crippen MR) is 234 cm³/mol. The van der Waals surface area contributed by atoms with E-state index in [2.05, 4.69) is 176 Å². The van der Waals surface area contributed by atoms with E-state index in [1.807, 2.05) is 29.5 Å². The zero-order valence-electron chi connectivity index (χ0n) is 30.8. The Labute approximate surface area is 334 Å². The number of hydrogen-bond donors (Lipinski definition) is 0. The fourth-order valence-electron chi connectivity index (χ4n) is 9.73. The van der Waals surface area contributed by atoms with Crippen LogP contribution >= 0.6 is 11.3 Å². The molecule has 3 nitrogen and oxygen atoms in total. The first-order valence-corrected chi connectivity index (χ1v) is 20.4. The highest BCUT2D eigenvalue weighted by atomic mass is 32.1. The predicted octanol–water partition coefficient (Wildman–Crippen LogP) is 13.8. The van der Waals surface area contributed by atoms with E-state index in [1.165, 1.54) is 42.4 Å². The van der Waals surface area contributed by atoms with Crippen LogP contribution in [-0.2, 0) is 5.41 Å². The summed E-state index contributed by atoms with van der Waals surface area (Å²) < 4.78 is 9.36. The molecule has 57 heavy (non-hydrogen) atoms. The van der Waals surface area contributed by atoms with Crippen LogP contribution in [0.3, 0.4) is 0 Å². The normalized spacial score (nSPS) is 18.6. The molecule has 0 fully saturated rings. The molecule has 0 bridgehead atoms. The summed E-state index contributed by atoms with van der Waals surface area (Å²) in [5.41, 5.74) is 12.0. The third-order valence-corrected chi connectivity index (χ3v) is 13.4. The van der Waals surface area contributed by atoms with Crippen molar-refractivity contribution in [1.29, 1.82) is 0 Å². The van der Waals surface area contributed by atoms with Crippen molar-refractivity contribution in [3.8, 4) is 56.5 Å². The maximum Gasteiger partial charge on any atom is 0.160 e. The maximum atomic E-state index is 6.81. The number of ether oxygens (including phenoxy) is 1. The van der Waals surface area contributed by atoms with Gasteiger partial charge in [-0.05, 0) is 52.6 Å². The van der Waals surface area contributed by atoms with E-state index in [0.717, 1.165) is 50.7 Å². The van der Waals surface area contributed by atoms with E-state index in [9.17, 15) is 0 Å². The van der Waals surface area contributed by atoms with Gasteiger partial charge in [-0.15, -0.1) is 11.3 Å². The molecule has 0 saturated carbocycles. The summed E-state index contributed by atoms with van der Waals surface area (Å²) in [6.07, 6.45) is 9.20. The molecule has 0 N–H and O–H groups in total. The molecule has 3 aliphatic rings. The van der Waals surface area contributed by atoms with Crippen molar-refractivity contribution < 1.29 is 4.74 Å². The summed E-state index contributed by atoms with van der Waals surface area (Å²) in [6.45, 7) is 0. The van der Waals surface area contributed by atoms with Crippen LogP contribution in [-0.4, -0.2) is 9.97 Å². The van der Waals surface area contributed by atoms with Crippen LogP contribution in [0.15, 0.2) is 194 Å². The van der Waals surface area contributed by atoms with Gasteiger partial charge in [0.15, 0.2) is 5.82 Å². The van der Waals surface area contributed by atoms with Gasteiger partial charge in [-0.1, -0.05) is 164 Å². The lowest BCUT2D eigenvalue weighted by Crippen LogP contribution is -2.37. The van der Waals surface area contributed by atoms with Crippen LogP contribution in [0.1, 0.15) is 28.2 Å². The lowest BCUT2D eigenvalue weighted by atomic mass is 9.62. The fraction of sp³-hybridized carbons (Fsp3) is 0.0566. The summed E-state index contributed by atoms with van der Waals surface area (Å²) in [6, 6.07) is 60.9. The van der Waals surface area contributed by atoms with Crippen molar-refractivity contribution in [3.05, 3.63) is 216 Å². The molecule has 3 heterocycles. The molecular formula is C53H34N2OS. The molecule has 1 aliphatic heterocycles. The summed E-state index contributed by atoms with van der Waals surface area (Å²) in [7, 11) is 0. The van der Waals surface area contributed by atoms with E-state index >= 15 is 0 Å². The van der Waals surface area contributed by atoms with Gasteiger partial charge in [-0.3, -0.25) is 0 Å². The smallest absolute Gasteiger partial charge is 0.160 e. The van der Waals surface area contributed by atoms with Crippen molar-refractivity contribution in [3.63, 3.8) is 0 Å². The second-order valence-corrected chi connectivity index (χ2v) is 16.3. The molecule has 2 aliphatic carbocycles. The SMILES string of the molecule is C1=CC2c3ccccc3C3(c4ccccc4Oc4cc(-c5ccc(-c6cc(-c7ccc8c(c7)sc7ccccc78)nc(-c7ccccc7)n6)cc5)ccc43)C2C=C1. The lowest BCUT2D eigenvalue weighted by Gasteiger charge is -2.43. The number of thiophene rings is 1. The van der Waals surface area contributed by atoms with Crippen LogP contribution in [0.5, 0.6) is 11.5 Å².